The van der Waals surface area contributed by atoms with Crippen molar-refractivity contribution in [2.24, 2.45) is 0 Å². The summed E-state index contributed by atoms with van der Waals surface area (Å²) in [6.45, 7) is 3.60. The van der Waals surface area contributed by atoms with Gasteiger partial charge < -0.3 is 9.72 Å². The molecule has 0 spiro atoms. The maximum Gasteiger partial charge on any atom is 0.109 e. The molecule has 0 aliphatic heterocycles. The molecule has 2 rings (SSSR count). The molecule has 1 N–H and O–H groups in total. The van der Waals surface area contributed by atoms with Gasteiger partial charge in [-0.15, -0.1) is 0 Å². The van der Waals surface area contributed by atoms with Crippen LogP contribution in [0.15, 0.2) is 18.2 Å². The summed E-state index contributed by atoms with van der Waals surface area (Å²) < 4.78 is 5.42. The molecule has 1 aromatic carbocycles. The minimum atomic E-state index is 0.689. The molecule has 0 unspecified atom stereocenters. The number of benzene rings is 1. The Balaban J connectivity index is 2.05. The van der Waals surface area contributed by atoms with Crippen LogP contribution >= 0.6 is 11.6 Å². The molecule has 0 fully saturated rings. The second kappa shape index (κ2) is 5.32. The van der Waals surface area contributed by atoms with Crippen LogP contribution < -0.4 is 0 Å². The Kier molecular flexibility index (Phi) is 3.80. The van der Waals surface area contributed by atoms with E-state index in [1.54, 1.807) is 0 Å². The van der Waals surface area contributed by atoms with Crippen molar-refractivity contribution in [1.82, 2.24) is 9.97 Å². The Labute approximate surface area is 99.8 Å². The van der Waals surface area contributed by atoms with E-state index in [9.17, 15) is 0 Å². The molecule has 1 aromatic heterocycles. The molecule has 4 heteroatoms. The van der Waals surface area contributed by atoms with Crippen LogP contribution in [0.4, 0.5) is 0 Å². The monoisotopic (exact) mass is 238 g/mol. The largest absolute Gasteiger partial charge is 0.381 e. The lowest BCUT2D eigenvalue weighted by molar-refractivity contribution is 0.137. The van der Waals surface area contributed by atoms with Crippen molar-refractivity contribution in [2.45, 2.75) is 19.8 Å². The Hall–Kier alpha value is -1.06. The number of rotatable bonds is 5. The van der Waals surface area contributed by atoms with Gasteiger partial charge in [-0.1, -0.05) is 24.6 Å². The molecule has 0 atom stereocenters. The average molecular weight is 239 g/mol. The fraction of sp³-hybridized carbons (Fsp3) is 0.417. The lowest BCUT2D eigenvalue weighted by Crippen LogP contribution is -2.00. The topological polar surface area (TPSA) is 37.9 Å². The molecule has 2 aromatic rings. The normalized spacial score (nSPS) is 11.1. The van der Waals surface area contributed by atoms with Crippen molar-refractivity contribution in [1.29, 1.82) is 0 Å². The van der Waals surface area contributed by atoms with E-state index in [1.165, 1.54) is 0 Å². The standard InChI is InChI=1S/C12H15ClN2O/c1-2-7-16-8-6-11-14-10-5-3-4-9(13)12(10)15-11/h3-5H,2,6-8H2,1H3,(H,14,15). The number of para-hydroxylation sites is 1. The van der Waals surface area contributed by atoms with Crippen LogP contribution in [0.2, 0.25) is 5.02 Å². The number of ether oxygens (including phenoxy) is 1. The summed E-state index contributed by atoms with van der Waals surface area (Å²) >= 11 is 6.04. The summed E-state index contributed by atoms with van der Waals surface area (Å²) in [5, 5.41) is 0.689. The molecular formula is C12H15ClN2O. The van der Waals surface area contributed by atoms with Crippen LogP contribution in [0.1, 0.15) is 19.2 Å². The zero-order chi connectivity index (χ0) is 11.4. The predicted octanol–water partition coefficient (Wildman–Crippen LogP) is 3.19. The van der Waals surface area contributed by atoms with Crippen LogP contribution in [0.3, 0.4) is 0 Å². The highest BCUT2D eigenvalue weighted by Gasteiger charge is 2.05. The number of imidazole rings is 1. The van der Waals surface area contributed by atoms with Crippen LogP contribution in [0.5, 0.6) is 0 Å². The molecule has 3 nitrogen and oxygen atoms in total. The van der Waals surface area contributed by atoms with Crippen LogP contribution in [0.25, 0.3) is 11.0 Å². The van der Waals surface area contributed by atoms with Gasteiger partial charge in [-0.2, -0.15) is 0 Å². The zero-order valence-electron chi connectivity index (χ0n) is 9.29. The van der Waals surface area contributed by atoms with E-state index in [2.05, 4.69) is 16.9 Å². The van der Waals surface area contributed by atoms with Crippen LogP contribution in [-0.4, -0.2) is 23.2 Å². The molecule has 0 bridgehead atoms. The maximum absolute atomic E-state index is 6.04. The van der Waals surface area contributed by atoms with E-state index in [1.807, 2.05) is 18.2 Å². The smallest absolute Gasteiger partial charge is 0.109 e. The van der Waals surface area contributed by atoms with Crippen LogP contribution in [0, 0.1) is 0 Å². The van der Waals surface area contributed by atoms with Gasteiger partial charge in [-0.3, -0.25) is 0 Å². The number of aromatic amines is 1. The van der Waals surface area contributed by atoms with Gasteiger partial charge in [0.2, 0.25) is 0 Å². The highest BCUT2D eigenvalue weighted by molar-refractivity contribution is 6.34. The Bertz CT molecular complexity index is 467. The first-order valence-electron chi connectivity index (χ1n) is 5.52. The third-order valence-corrected chi connectivity index (χ3v) is 2.65. The minimum absolute atomic E-state index is 0.689. The van der Waals surface area contributed by atoms with Gasteiger partial charge in [0.1, 0.15) is 11.3 Å². The summed E-state index contributed by atoms with van der Waals surface area (Å²) in [7, 11) is 0. The highest BCUT2D eigenvalue weighted by atomic mass is 35.5. The van der Waals surface area contributed by atoms with E-state index in [0.717, 1.165) is 36.3 Å². The van der Waals surface area contributed by atoms with Gasteiger partial charge in [0.25, 0.3) is 0 Å². The van der Waals surface area contributed by atoms with E-state index in [4.69, 9.17) is 16.3 Å². The molecule has 86 valence electrons. The van der Waals surface area contributed by atoms with Gasteiger partial charge in [0, 0.05) is 13.0 Å². The van der Waals surface area contributed by atoms with Crippen molar-refractivity contribution in [3.63, 3.8) is 0 Å². The molecule has 0 aliphatic rings. The third-order valence-electron chi connectivity index (χ3n) is 2.34. The van der Waals surface area contributed by atoms with Crippen molar-refractivity contribution < 1.29 is 4.74 Å². The zero-order valence-corrected chi connectivity index (χ0v) is 10.0. The molecule has 16 heavy (non-hydrogen) atoms. The first-order valence-corrected chi connectivity index (χ1v) is 5.90. The summed E-state index contributed by atoms with van der Waals surface area (Å²) in [4.78, 5) is 7.68. The predicted molar refractivity (Wildman–Crippen MR) is 65.9 cm³/mol. The first kappa shape index (κ1) is 11.4. The third kappa shape index (κ3) is 2.54. The quantitative estimate of drug-likeness (QED) is 0.813. The molecule has 0 radical (unpaired) electrons. The number of nitrogens with one attached hydrogen (secondary N) is 1. The van der Waals surface area contributed by atoms with Gasteiger partial charge in [0.05, 0.1) is 17.1 Å². The fourth-order valence-corrected chi connectivity index (χ4v) is 1.80. The first-order chi connectivity index (χ1) is 7.81. The Morgan fingerprint density at radius 3 is 3.00 bits per heavy atom. The molecule has 0 aliphatic carbocycles. The molecule has 0 saturated heterocycles. The second-order valence-electron chi connectivity index (χ2n) is 3.68. The van der Waals surface area contributed by atoms with E-state index in [0.29, 0.717) is 11.6 Å². The van der Waals surface area contributed by atoms with E-state index in [-0.39, 0.29) is 0 Å². The van der Waals surface area contributed by atoms with Gasteiger partial charge in [-0.25, -0.2) is 4.98 Å². The van der Waals surface area contributed by atoms with E-state index >= 15 is 0 Å². The Morgan fingerprint density at radius 2 is 2.25 bits per heavy atom. The van der Waals surface area contributed by atoms with Crippen molar-refractivity contribution in [3.05, 3.63) is 29.0 Å². The molecule has 0 amide bonds. The fourth-order valence-electron chi connectivity index (χ4n) is 1.58. The van der Waals surface area contributed by atoms with E-state index < -0.39 is 0 Å². The lowest BCUT2D eigenvalue weighted by atomic mass is 10.3. The van der Waals surface area contributed by atoms with Crippen LogP contribution in [-0.2, 0) is 11.2 Å². The SMILES string of the molecule is CCCOCCc1nc2c(Cl)cccc2[nH]1. The number of hydrogen-bond acceptors (Lipinski definition) is 2. The Morgan fingerprint density at radius 1 is 1.38 bits per heavy atom. The number of hydrogen-bond donors (Lipinski definition) is 1. The maximum atomic E-state index is 6.04. The van der Waals surface area contributed by atoms with Crippen molar-refractivity contribution in [2.75, 3.05) is 13.2 Å². The molecular weight excluding hydrogens is 224 g/mol. The average Bonchev–Trinajstić information content (AvgIpc) is 2.69. The number of nitrogens with zero attached hydrogens (tertiary/aromatic N) is 1. The minimum Gasteiger partial charge on any atom is -0.381 e. The van der Waals surface area contributed by atoms with Gasteiger partial charge in [0.15, 0.2) is 0 Å². The number of H-pyrrole nitrogens is 1. The number of aromatic nitrogens is 2. The summed E-state index contributed by atoms with van der Waals surface area (Å²) in [5.41, 5.74) is 1.83. The van der Waals surface area contributed by atoms with Crippen molar-refractivity contribution >= 4 is 22.6 Å². The lowest BCUT2D eigenvalue weighted by Gasteiger charge is -1.98. The second-order valence-corrected chi connectivity index (χ2v) is 4.09. The summed E-state index contributed by atoms with van der Waals surface area (Å²) in [5.74, 6) is 0.930. The number of halogens is 1. The summed E-state index contributed by atoms with van der Waals surface area (Å²) in [6, 6.07) is 5.74. The van der Waals surface area contributed by atoms with Crippen molar-refractivity contribution in [3.8, 4) is 0 Å². The molecule has 0 saturated carbocycles. The summed E-state index contributed by atoms with van der Waals surface area (Å²) in [6.07, 6.45) is 1.84. The number of fused-ring (bicyclic) bond motifs is 1. The van der Waals surface area contributed by atoms with Gasteiger partial charge in [-0.05, 0) is 18.6 Å². The highest BCUT2D eigenvalue weighted by Crippen LogP contribution is 2.20. The van der Waals surface area contributed by atoms with Gasteiger partial charge >= 0.3 is 0 Å². The molecule has 1 heterocycles.